The van der Waals surface area contributed by atoms with Gasteiger partial charge in [0.2, 0.25) is 5.91 Å². The number of imidazole rings is 1. The molecule has 0 aliphatic carbocycles. The summed E-state index contributed by atoms with van der Waals surface area (Å²) in [7, 11) is 1.82. The van der Waals surface area contributed by atoms with Crippen LogP contribution in [-0.2, 0) is 24.2 Å². The zero-order valence-electron chi connectivity index (χ0n) is 14.4. The summed E-state index contributed by atoms with van der Waals surface area (Å²) in [6.07, 6.45) is 4.30. The van der Waals surface area contributed by atoms with Crippen LogP contribution in [0.3, 0.4) is 0 Å². The Morgan fingerprint density at radius 1 is 1.38 bits per heavy atom. The molecule has 0 aliphatic heterocycles. The number of nitrogens with zero attached hydrogens (tertiary/aromatic N) is 4. The van der Waals surface area contributed by atoms with Crippen LogP contribution in [-0.4, -0.2) is 37.4 Å². The quantitative estimate of drug-likeness (QED) is 0.757. The maximum atomic E-state index is 12.6. The number of aryl methyl sites for hydroxylation is 2. The Bertz CT molecular complexity index is 848. The van der Waals surface area contributed by atoms with Crippen LogP contribution in [0, 0.1) is 6.92 Å². The number of aromatic nitrogens is 4. The van der Waals surface area contributed by atoms with Crippen molar-refractivity contribution in [2.24, 2.45) is 0 Å². The monoisotopic (exact) mass is 325 g/mol. The number of amides is 1. The predicted molar refractivity (Wildman–Crippen MR) is 92.7 cm³/mol. The molecule has 0 aliphatic rings. The lowest BCUT2D eigenvalue weighted by Crippen LogP contribution is -2.28. The second kappa shape index (κ2) is 6.86. The number of pyridine rings is 1. The van der Waals surface area contributed by atoms with Gasteiger partial charge >= 0.3 is 0 Å². The second-order valence-electron chi connectivity index (χ2n) is 6.13. The van der Waals surface area contributed by atoms with Gasteiger partial charge in [-0.3, -0.25) is 9.89 Å². The smallest absolute Gasteiger partial charge is 0.228 e. The van der Waals surface area contributed by atoms with Crippen molar-refractivity contribution >= 4 is 11.6 Å². The van der Waals surface area contributed by atoms with Crippen molar-refractivity contribution in [1.82, 2.24) is 24.5 Å². The van der Waals surface area contributed by atoms with E-state index in [1.807, 2.05) is 48.8 Å². The molecule has 0 unspecified atom stereocenters. The minimum Gasteiger partial charge on any atom is -0.340 e. The third-order valence-electron chi connectivity index (χ3n) is 4.17. The zero-order valence-corrected chi connectivity index (χ0v) is 14.4. The van der Waals surface area contributed by atoms with Crippen molar-refractivity contribution in [3.8, 4) is 0 Å². The molecule has 0 spiro atoms. The maximum absolute atomic E-state index is 12.6. The molecule has 3 rings (SSSR count). The lowest BCUT2D eigenvalue weighted by Gasteiger charge is -2.16. The highest BCUT2D eigenvalue weighted by atomic mass is 16.2. The van der Waals surface area contributed by atoms with E-state index in [0.29, 0.717) is 13.0 Å². The SMILES string of the molecule is CCCc1cc(CN(C)C(=O)Cc2c(C)nc3ccccn23)[nH]n1. The summed E-state index contributed by atoms with van der Waals surface area (Å²) in [5.74, 6) is 0.0652. The Morgan fingerprint density at radius 2 is 2.21 bits per heavy atom. The van der Waals surface area contributed by atoms with E-state index in [0.717, 1.165) is 41.3 Å². The van der Waals surface area contributed by atoms with Crippen LogP contribution < -0.4 is 0 Å². The Labute approximate surface area is 141 Å². The fourth-order valence-corrected chi connectivity index (χ4v) is 2.87. The number of hydrogen-bond donors (Lipinski definition) is 1. The van der Waals surface area contributed by atoms with E-state index in [2.05, 4.69) is 22.1 Å². The van der Waals surface area contributed by atoms with E-state index in [4.69, 9.17) is 0 Å². The average molecular weight is 325 g/mol. The number of H-pyrrole nitrogens is 1. The summed E-state index contributed by atoms with van der Waals surface area (Å²) >= 11 is 0. The minimum absolute atomic E-state index is 0.0652. The fraction of sp³-hybridized carbons (Fsp3) is 0.389. The summed E-state index contributed by atoms with van der Waals surface area (Å²) in [6.45, 7) is 4.61. The molecule has 3 heterocycles. The summed E-state index contributed by atoms with van der Waals surface area (Å²) < 4.78 is 1.98. The molecule has 1 amide bonds. The highest BCUT2D eigenvalue weighted by Crippen LogP contribution is 2.14. The maximum Gasteiger partial charge on any atom is 0.228 e. The predicted octanol–water partition coefficient (Wildman–Crippen LogP) is 2.52. The molecule has 6 heteroatoms. The van der Waals surface area contributed by atoms with Gasteiger partial charge in [0.05, 0.1) is 35.7 Å². The molecule has 3 aromatic heterocycles. The van der Waals surface area contributed by atoms with E-state index in [1.165, 1.54) is 0 Å². The minimum atomic E-state index is 0.0652. The van der Waals surface area contributed by atoms with Crippen molar-refractivity contribution < 1.29 is 4.79 Å². The number of rotatable bonds is 6. The van der Waals surface area contributed by atoms with Crippen LogP contribution in [0.2, 0.25) is 0 Å². The Balaban J connectivity index is 1.70. The highest BCUT2D eigenvalue weighted by Gasteiger charge is 2.16. The summed E-state index contributed by atoms with van der Waals surface area (Å²) in [4.78, 5) is 18.8. The summed E-state index contributed by atoms with van der Waals surface area (Å²) in [5.41, 5.74) is 4.72. The molecule has 6 nitrogen and oxygen atoms in total. The molecular weight excluding hydrogens is 302 g/mol. The largest absolute Gasteiger partial charge is 0.340 e. The van der Waals surface area contributed by atoms with Gasteiger partial charge in [-0.15, -0.1) is 0 Å². The molecule has 0 radical (unpaired) electrons. The number of hydrogen-bond acceptors (Lipinski definition) is 3. The van der Waals surface area contributed by atoms with Crippen molar-refractivity contribution in [3.05, 3.63) is 53.2 Å². The van der Waals surface area contributed by atoms with E-state index >= 15 is 0 Å². The standard InChI is InChI=1S/C18H23N5O/c1-4-7-14-10-15(21-20-14)12-22(3)18(24)11-16-13(2)19-17-8-5-6-9-23(16)17/h5-6,8-10H,4,7,11-12H2,1-3H3,(H,20,21). The number of carbonyl (C=O) groups excluding carboxylic acids is 1. The first kappa shape index (κ1) is 16.2. The average Bonchev–Trinajstić information content (AvgIpc) is 3.12. The van der Waals surface area contributed by atoms with Crippen LogP contribution in [0.15, 0.2) is 30.5 Å². The van der Waals surface area contributed by atoms with Gasteiger partial charge in [0.15, 0.2) is 0 Å². The van der Waals surface area contributed by atoms with Gasteiger partial charge in [-0.1, -0.05) is 19.4 Å². The van der Waals surface area contributed by atoms with E-state index in [1.54, 1.807) is 4.90 Å². The number of aromatic amines is 1. The zero-order chi connectivity index (χ0) is 17.1. The van der Waals surface area contributed by atoms with Crippen molar-refractivity contribution in [3.63, 3.8) is 0 Å². The molecule has 24 heavy (non-hydrogen) atoms. The van der Waals surface area contributed by atoms with Gasteiger partial charge in [-0.05, 0) is 31.5 Å². The number of likely N-dealkylation sites (N-methyl/N-ethyl adjacent to an activating group) is 1. The van der Waals surface area contributed by atoms with Crippen molar-refractivity contribution in [2.75, 3.05) is 7.05 Å². The van der Waals surface area contributed by atoms with Gasteiger partial charge < -0.3 is 9.30 Å². The van der Waals surface area contributed by atoms with Crippen LogP contribution >= 0.6 is 0 Å². The molecule has 0 bridgehead atoms. The third kappa shape index (κ3) is 3.32. The second-order valence-corrected chi connectivity index (χ2v) is 6.13. The lowest BCUT2D eigenvalue weighted by atomic mass is 10.2. The van der Waals surface area contributed by atoms with E-state index in [9.17, 15) is 4.79 Å². The first-order valence-electron chi connectivity index (χ1n) is 8.28. The molecule has 0 saturated heterocycles. The van der Waals surface area contributed by atoms with Gasteiger partial charge in [-0.2, -0.15) is 5.10 Å². The van der Waals surface area contributed by atoms with E-state index < -0.39 is 0 Å². The van der Waals surface area contributed by atoms with Gasteiger partial charge in [0.25, 0.3) is 0 Å². The normalized spacial score (nSPS) is 11.1. The van der Waals surface area contributed by atoms with Gasteiger partial charge in [-0.25, -0.2) is 4.98 Å². The molecule has 126 valence electrons. The molecule has 0 fully saturated rings. The molecular formula is C18H23N5O. The molecule has 0 aromatic carbocycles. The van der Waals surface area contributed by atoms with Crippen molar-refractivity contribution in [2.45, 2.75) is 39.7 Å². The third-order valence-corrected chi connectivity index (χ3v) is 4.17. The topological polar surface area (TPSA) is 66.3 Å². The molecule has 0 saturated carbocycles. The Hall–Kier alpha value is -2.63. The fourth-order valence-electron chi connectivity index (χ4n) is 2.87. The number of nitrogens with one attached hydrogen (secondary N) is 1. The van der Waals surface area contributed by atoms with Gasteiger partial charge in [0.1, 0.15) is 5.65 Å². The molecule has 1 N–H and O–H groups in total. The molecule has 0 atom stereocenters. The van der Waals surface area contributed by atoms with Crippen LogP contribution in [0.25, 0.3) is 5.65 Å². The van der Waals surface area contributed by atoms with Crippen molar-refractivity contribution in [1.29, 1.82) is 0 Å². The molecule has 3 aromatic rings. The van der Waals surface area contributed by atoms with Crippen LogP contribution in [0.5, 0.6) is 0 Å². The van der Waals surface area contributed by atoms with E-state index in [-0.39, 0.29) is 5.91 Å². The number of carbonyl (C=O) groups is 1. The number of fused-ring (bicyclic) bond motifs is 1. The highest BCUT2D eigenvalue weighted by molar-refractivity contribution is 5.78. The first-order valence-corrected chi connectivity index (χ1v) is 8.28. The van der Waals surface area contributed by atoms with Crippen LogP contribution in [0.1, 0.15) is 36.1 Å². The van der Waals surface area contributed by atoms with Crippen LogP contribution in [0.4, 0.5) is 0 Å². The van der Waals surface area contributed by atoms with Gasteiger partial charge in [0, 0.05) is 13.2 Å². The first-order chi connectivity index (χ1) is 11.6. The lowest BCUT2D eigenvalue weighted by molar-refractivity contribution is -0.129. The summed E-state index contributed by atoms with van der Waals surface area (Å²) in [6, 6.07) is 7.88. The Kier molecular flexibility index (Phi) is 4.64. The Morgan fingerprint density at radius 3 is 3.00 bits per heavy atom. The summed E-state index contributed by atoms with van der Waals surface area (Å²) in [5, 5.41) is 7.29.